The van der Waals surface area contributed by atoms with Crippen LogP contribution in [0.4, 0.5) is 5.69 Å². The number of carbonyl (C=O) groups excluding carboxylic acids is 1. The average Bonchev–Trinajstić information content (AvgIpc) is 2.29. The number of aliphatic carboxylic acids is 1. The molecule has 5 heteroatoms. The minimum absolute atomic E-state index is 0.0264. The molecular weight excluding hydrogens is 220 g/mol. The van der Waals surface area contributed by atoms with Gasteiger partial charge in [0, 0.05) is 5.69 Å². The van der Waals surface area contributed by atoms with E-state index in [0.29, 0.717) is 5.69 Å². The van der Waals surface area contributed by atoms with E-state index in [2.05, 4.69) is 10.6 Å². The van der Waals surface area contributed by atoms with E-state index in [1.165, 1.54) is 6.92 Å². The van der Waals surface area contributed by atoms with Crippen molar-refractivity contribution in [1.82, 2.24) is 5.32 Å². The topological polar surface area (TPSA) is 78.4 Å². The van der Waals surface area contributed by atoms with Gasteiger partial charge in [-0.3, -0.25) is 14.9 Å². The van der Waals surface area contributed by atoms with E-state index < -0.39 is 12.0 Å². The Labute approximate surface area is 99.8 Å². The fourth-order valence-electron chi connectivity index (χ4n) is 1.18. The fraction of sp³-hybridized carbons (Fsp3) is 0.333. The first-order valence-electron chi connectivity index (χ1n) is 5.32. The summed E-state index contributed by atoms with van der Waals surface area (Å²) in [7, 11) is 0. The molecule has 0 aliphatic heterocycles. The Balaban J connectivity index is 2.39. The maximum atomic E-state index is 11.5. The van der Waals surface area contributed by atoms with Gasteiger partial charge in [-0.15, -0.1) is 0 Å². The Kier molecular flexibility index (Phi) is 4.66. The van der Waals surface area contributed by atoms with Crippen LogP contribution in [0.25, 0.3) is 0 Å². The highest BCUT2D eigenvalue weighted by atomic mass is 16.4. The third-order valence-corrected chi connectivity index (χ3v) is 2.27. The third kappa shape index (κ3) is 4.65. The van der Waals surface area contributed by atoms with E-state index in [4.69, 9.17) is 5.11 Å². The summed E-state index contributed by atoms with van der Waals surface area (Å²) in [5.41, 5.74) is 1.81. The quantitative estimate of drug-likeness (QED) is 0.712. The number of amides is 1. The molecule has 0 radical (unpaired) electrons. The lowest BCUT2D eigenvalue weighted by Crippen LogP contribution is -2.39. The predicted molar refractivity (Wildman–Crippen MR) is 64.9 cm³/mol. The molecule has 0 spiro atoms. The standard InChI is InChI=1S/C12H16N2O3/c1-8-3-5-10(6-4-8)14-11(15)7-13-9(2)12(16)17/h3-6,9,13H,7H2,1-2H3,(H,14,15)(H,16,17)/t9-/m0/s1. The minimum atomic E-state index is -0.979. The van der Waals surface area contributed by atoms with Gasteiger partial charge in [-0.25, -0.2) is 0 Å². The van der Waals surface area contributed by atoms with Gasteiger partial charge >= 0.3 is 5.97 Å². The monoisotopic (exact) mass is 236 g/mol. The maximum absolute atomic E-state index is 11.5. The van der Waals surface area contributed by atoms with Gasteiger partial charge in [0.2, 0.25) is 5.91 Å². The van der Waals surface area contributed by atoms with Crippen molar-refractivity contribution >= 4 is 17.6 Å². The summed E-state index contributed by atoms with van der Waals surface area (Å²) in [6.45, 7) is 3.42. The number of carbonyl (C=O) groups is 2. The Bertz CT molecular complexity index is 401. The molecule has 1 rings (SSSR count). The van der Waals surface area contributed by atoms with Crippen molar-refractivity contribution in [3.05, 3.63) is 29.8 Å². The summed E-state index contributed by atoms with van der Waals surface area (Å²) in [5, 5.41) is 13.9. The van der Waals surface area contributed by atoms with Crippen LogP contribution in [0.2, 0.25) is 0 Å². The molecule has 0 fully saturated rings. The van der Waals surface area contributed by atoms with Gasteiger partial charge < -0.3 is 10.4 Å². The molecule has 3 N–H and O–H groups in total. The van der Waals surface area contributed by atoms with Crippen LogP contribution in [-0.2, 0) is 9.59 Å². The van der Waals surface area contributed by atoms with Gasteiger partial charge in [0.15, 0.2) is 0 Å². The molecule has 0 saturated carbocycles. The van der Waals surface area contributed by atoms with E-state index in [1.807, 2.05) is 19.1 Å². The lowest BCUT2D eigenvalue weighted by Gasteiger charge is -2.09. The van der Waals surface area contributed by atoms with Gasteiger partial charge in [-0.05, 0) is 26.0 Å². The third-order valence-electron chi connectivity index (χ3n) is 2.27. The second kappa shape index (κ2) is 6.00. The van der Waals surface area contributed by atoms with Crippen LogP contribution in [0.3, 0.4) is 0 Å². The van der Waals surface area contributed by atoms with Crippen molar-refractivity contribution < 1.29 is 14.7 Å². The normalized spacial score (nSPS) is 11.9. The molecule has 92 valence electrons. The highest BCUT2D eigenvalue weighted by molar-refractivity contribution is 5.92. The number of anilines is 1. The van der Waals surface area contributed by atoms with Crippen molar-refractivity contribution in [2.45, 2.75) is 19.9 Å². The van der Waals surface area contributed by atoms with Crippen LogP contribution >= 0.6 is 0 Å². The van der Waals surface area contributed by atoms with Crippen molar-refractivity contribution in [2.24, 2.45) is 0 Å². The predicted octanol–water partition coefficient (Wildman–Crippen LogP) is 0.996. The smallest absolute Gasteiger partial charge is 0.320 e. The molecule has 17 heavy (non-hydrogen) atoms. The number of carboxylic acids is 1. The van der Waals surface area contributed by atoms with Crippen LogP contribution in [0, 0.1) is 6.92 Å². The molecule has 5 nitrogen and oxygen atoms in total. The Hall–Kier alpha value is -1.88. The lowest BCUT2D eigenvalue weighted by atomic mass is 10.2. The van der Waals surface area contributed by atoms with E-state index in [9.17, 15) is 9.59 Å². The summed E-state index contributed by atoms with van der Waals surface area (Å²) >= 11 is 0. The van der Waals surface area contributed by atoms with Gasteiger partial charge in [-0.2, -0.15) is 0 Å². The zero-order valence-electron chi connectivity index (χ0n) is 9.86. The highest BCUT2D eigenvalue weighted by Crippen LogP contribution is 2.07. The molecule has 1 aromatic carbocycles. The Morgan fingerprint density at radius 1 is 1.29 bits per heavy atom. The minimum Gasteiger partial charge on any atom is -0.480 e. The van der Waals surface area contributed by atoms with Crippen LogP contribution < -0.4 is 10.6 Å². The van der Waals surface area contributed by atoms with E-state index in [0.717, 1.165) is 5.56 Å². The second-order valence-corrected chi connectivity index (χ2v) is 3.86. The van der Waals surface area contributed by atoms with Gasteiger partial charge in [0.25, 0.3) is 0 Å². The van der Waals surface area contributed by atoms with Gasteiger partial charge in [0.05, 0.1) is 6.54 Å². The van der Waals surface area contributed by atoms with Crippen molar-refractivity contribution in [2.75, 3.05) is 11.9 Å². The zero-order valence-corrected chi connectivity index (χ0v) is 9.86. The summed E-state index contributed by atoms with van der Waals surface area (Å²) in [4.78, 5) is 22.0. The lowest BCUT2D eigenvalue weighted by molar-refractivity contribution is -0.139. The second-order valence-electron chi connectivity index (χ2n) is 3.86. The van der Waals surface area contributed by atoms with Crippen LogP contribution in [0.5, 0.6) is 0 Å². The SMILES string of the molecule is Cc1ccc(NC(=O)CN[C@@H](C)C(=O)O)cc1. The Morgan fingerprint density at radius 2 is 1.88 bits per heavy atom. The van der Waals surface area contributed by atoms with Crippen molar-refractivity contribution in [1.29, 1.82) is 0 Å². The maximum Gasteiger partial charge on any atom is 0.320 e. The number of hydrogen-bond donors (Lipinski definition) is 3. The molecular formula is C12H16N2O3. The van der Waals surface area contributed by atoms with Gasteiger partial charge in [0.1, 0.15) is 6.04 Å². The first-order chi connectivity index (χ1) is 7.99. The molecule has 1 atom stereocenters. The average molecular weight is 236 g/mol. The van der Waals surface area contributed by atoms with E-state index in [-0.39, 0.29) is 12.5 Å². The van der Waals surface area contributed by atoms with Gasteiger partial charge in [-0.1, -0.05) is 17.7 Å². The van der Waals surface area contributed by atoms with Crippen molar-refractivity contribution in [3.8, 4) is 0 Å². The summed E-state index contributed by atoms with van der Waals surface area (Å²) in [6.07, 6.45) is 0. The van der Waals surface area contributed by atoms with E-state index in [1.54, 1.807) is 12.1 Å². The molecule has 0 aliphatic carbocycles. The summed E-state index contributed by atoms with van der Waals surface area (Å²) in [5.74, 6) is -1.24. The Morgan fingerprint density at radius 3 is 2.41 bits per heavy atom. The summed E-state index contributed by atoms with van der Waals surface area (Å²) in [6, 6.07) is 6.65. The molecule has 1 aromatic rings. The molecule has 0 saturated heterocycles. The number of carboxylic acid groups (broad SMARTS) is 1. The molecule has 0 aromatic heterocycles. The van der Waals surface area contributed by atoms with Crippen molar-refractivity contribution in [3.63, 3.8) is 0 Å². The molecule has 0 aliphatic rings. The largest absolute Gasteiger partial charge is 0.480 e. The number of aryl methyl sites for hydroxylation is 1. The molecule has 0 unspecified atom stereocenters. The fourth-order valence-corrected chi connectivity index (χ4v) is 1.18. The highest BCUT2D eigenvalue weighted by Gasteiger charge is 2.11. The van der Waals surface area contributed by atoms with Crippen LogP contribution in [0.15, 0.2) is 24.3 Å². The zero-order chi connectivity index (χ0) is 12.8. The first kappa shape index (κ1) is 13.2. The van der Waals surface area contributed by atoms with Crippen LogP contribution in [-0.4, -0.2) is 29.6 Å². The number of benzene rings is 1. The molecule has 0 heterocycles. The van der Waals surface area contributed by atoms with Crippen LogP contribution in [0.1, 0.15) is 12.5 Å². The first-order valence-corrected chi connectivity index (χ1v) is 5.32. The molecule has 0 bridgehead atoms. The number of nitrogens with one attached hydrogen (secondary N) is 2. The molecule has 1 amide bonds. The number of rotatable bonds is 5. The van der Waals surface area contributed by atoms with E-state index >= 15 is 0 Å². The number of hydrogen-bond acceptors (Lipinski definition) is 3. The summed E-state index contributed by atoms with van der Waals surface area (Å²) < 4.78 is 0.